The second-order valence-electron chi connectivity index (χ2n) is 5.62. The smallest absolute Gasteiger partial charge is 0.407 e. The van der Waals surface area contributed by atoms with E-state index < -0.39 is 6.09 Å². The maximum absolute atomic E-state index is 11.2. The van der Waals surface area contributed by atoms with Crippen molar-refractivity contribution in [2.75, 3.05) is 13.2 Å². The van der Waals surface area contributed by atoms with Gasteiger partial charge in [0.05, 0.1) is 13.0 Å². The van der Waals surface area contributed by atoms with E-state index in [2.05, 4.69) is 5.16 Å². The van der Waals surface area contributed by atoms with Gasteiger partial charge in [-0.15, -0.1) is 0 Å². The lowest BCUT2D eigenvalue weighted by atomic mass is 9.89. The highest BCUT2D eigenvalue weighted by Crippen LogP contribution is 2.39. The Hall–Kier alpha value is -1.46. The van der Waals surface area contributed by atoms with Gasteiger partial charge in [0.1, 0.15) is 6.61 Å². The van der Waals surface area contributed by atoms with Gasteiger partial charge < -0.3 is 19.6 Å². The number of piperidine rings is 1. The van der Waals surface area contributed by atoms with Crippen LogP contribution in [0.1, 0.15) is 38.5 Å². The molecule has 0 saturated carbocycles. The topological polar surface area (TPSA) is 71.4 Å². The van der Waals surface area contributed by atoms with E-state index in [9.17, 15) is 9.90 Å². The third kappa shape index (κ3) is 2.62. The van der Waals surface area contributed by atoms with Crippen LogP contribution < -0.4 is 0 Å². The molecule has 3 atom stereocenters. The minimum atomic E-state index is -0.750. The summed E-state index contributed by atoms with van der Waals surface area (Å²) in [6.45, 7) is 1.29. The molecule has 3 rings (SSSR count). The average Bonchev–Trinajstić information content (AvgIpc) is 2.96. The standard InChI is InChI=1S/C13H20N2O4/c16-13(17)15-10-1-2-11(15)8-9(7-10)3-5-18-12-4-6-19-14-12/h9-11H,1-8H2,(H,16,17)/t9?,10-,11+. The SMILES string of the molecule is O=C(O)N1[C@@H]2CC[C@H]1CC(CCOC1=NOCC1)C2. The maximum atomic E-state index is 11.2. The molecule has 0 radical (unpaired) electrons. The zero-order chi connectivity index (χ0) is 13.2. The van der Waals surface area contributed by atoms with Crippen LogP contribution in [0, 0.1) is 5.92 Å². The first-order valence-corrected chi connectivity index (χ1v) is 7.07. The lowest BCUT2D eigenvalue weighted by molar-refractivity contribution is 0.0789. The molecule has 0 aromatic heterocycles. The molecule has 3 aliphatic rings. The second kappa shape index (κ2) is 5.27. The number of amides is 1. The molecule has 1 unspecified atom stereocenters. The highest BCUT2D eigenvalue weighted by Gasteiger charge is 2.43. The highest BCUT2D eigenvalue weighted by molar-refractivity contribution is 5.76. The molecule has 1 amide bonds. The van der Waals surface area contributed by atoms with E-state index in [1.807, 2.05) is 0 Å². The summed E-state index contributed by atoms with van der Waals surface area (Å²) in [6, 6.07) is 0.460. The molecule has 0 aromatic rings. The lowest BCUT2D eigenvalue weighted by Gasteiger charge is -2.37. The molecule has 0 aromatic carbocycles. The molecule has 0 aliphatic carbocycles. The third-order valence-electron chi connectivity index (χ3n) is 4.42. The second-order valence-corrected chi connectivity index (χ2v) is 5.62. The van der Waals surface area contributed by atoms with E-state index >= 15 is 0 Å². The van der Waals surface area contributed by atoms with E-state index in [-0.39, 0.29) is 12.1 Å². The van der Waals surface area contributed by atoms with Crippen LogP contribution in [0.2, 0.25) is 0 Å². The first kappa shape index (κ1) is 12.6. The number of oxime groups is 1. The van der Waals surface area contributed by atoms with E-state index in [0.29, 0.717) is 25.0 Å². The zero-order valence-electron chi connectivity index (χ0n) is 11.0. The summed E-state index contributed by atoms with van der Waals surface area (Å²) in [5.41, 5.74) is 0. The fraction of sp³-hybridized carbons (Fsp3) is 0.846. The predicted molar refractivity (Wildman–Crippen MR) is 68.0 cm³/mol. The molecule has 2 saturated heterocycles. The van der Waals surface area contributed by atoms with Crippen LogP contribution in [-0.4, -0.2) is 47.3 Å². The summed E-state index contributed by atoms with van der Waals surface area (Å²) in [6.07, 6.45) is 5.01. The van der Waals surface area contributed by atoms with Crippen molar-refractivity contribution in [3.63, 3.8) is 0 Å². The van der Waals surface area contributed by atoms with E-state index in [1.165, 1.54) is 0 Å². The van der Waals surface area contributed by atoms with Crippen molar-refractivity contribution in [1.29, 1.82) is 0 Å². The van der Waals surface area contributed by atoms with Gasteiger partial charge in [-0.3, -0.25) is 0 Å². The first-order chi connectivity index (χ1) is 9.24. The molecular weight excluding hydrogens is 248 g/mol. The Morgan fingerprint density at radius 3 is 2.74 bits per heavy atom. The Morgan fingerprint density at radius 2 is 2.16 bits per heavy atom. The van der Waals surface area contributed by atoms with Gasteiger partial charge in [-0.05, 0) is 38.0 Å². The minimum absolute atomic E-state index is 0.230. The summed E-state index contributed by atoms with van der Waals surface area (Å²) < 4.78 is 5.57. The van der Waals surface area contributed by atoms with Gasteiger partial charge in [-0.1, -0.05) is 5.16 Å². The van der Waals surface area contributed by atoms with Crippen molar-refractivity contribution in [3.8, 4) is 0 Å². The predicted octanol–water partition coefficient (Wildman–Crippen LogP) is 2.05. The van der Waals surface area contributed by atoms with Crippen molar-refractivity contribution >= 4 is 12.0 Å². The minimum Gasteiger partial charge on any atom is -0.479 e. The number of fused-ring (bicyclic) bond motifs is 2. The summed E-state index contributed by atoms with van der Waals surface area (Å²) in [5, 5.41) is 13.0. The molecule has 3 heterocycles. The fourth-order valence-corrected chi connectivity index (χ4v) is 3.58. The van der Waals surface area contributed by atoms with Gasteiger partial charge in [0, 0.05) is 12.1 Å². The first-order valence-electron chi connectivity index (χ1n) is 7.07. The Bertz CT molecular complexity index is 371. The van der Waals surface area contributed by atoms with Crippen LogP contribution in [0.5, 0.6) is 0 Å². The monoisotopic (exact) mass is 268 g/mol. The molecule has 6 heteroatoms. The van der Waals surface area contributed by atoms with Gasteiger partial charge >= 0.3 is 6.09 Å². The lowest BCUT2D eigenvalue weighted by Crippen LogP contribution is -2.46. The van der Waals surface area contributed by atoms with Crippen LogP contribution in [0.4, 0.5) is 4.79 Å². The van der Waals surface area contributed by atoms with Crippen molar-refractivity contribution in [3.05, 3.63) is 0 Å². The number of ether oxygens (including phenoxy) is 1. The molecule has 1 N–H and O–H groups in total. The molecule has 2 bridgehead atoms. The highest BCUT2D eigenvalue weighted by atomic mass is 16.7. The summed E-state index contributed by atoms with van der Waals surface area (Å²) in [5.74, 6) is 1.28. The maximum Gasteiger partial charge on any atom is 0.407 e. The van der Waals surface area contributed by atoms with Crippen LogP contribution in [0.25, 0.3) is 0 Å². The molecule has 106 valence electrons. The average molecular weight is 268 g/mol. The van der Waals surface area contributed by atoms with Crippen molar-refractivity contribution in [1.82, 2.24) is 4.90 Å². The quantitative estimate of drug-likeness (QED) is 0.850. The Morgan fingerprint density at radius 1 is 1.42 bits per heavy atom. The van der Waals surface area contributed by atoms with Crippen LogP contribution in [0.3, 0.4) is 0 Å². The van der Waals surface area contributed by atoms with Crippen molar-refractivity contribution in [2.45, 2.75) is 50.6 Å². The third-order valence-corrected chi connectivity index (χ3v) is 4.42. The normalized spacial score (nSPS) is 32.9. The van der Waals surface area contributed by atoms with E-state index in [4.69, 9.17) is 9.57 Å². The van der Waals surface area contributed by atoms with Gasteiger partial charge in [-0.25, -0.2) is 4.79 Å². The summed E-state index contributed by atoms with van der Waals surface area (Å²) in [7, 11) is 0. The van der Waals surface area contributed by atoms with Crippen molar-refractivity contribution < 1.29 is 19.5 Å². The molecule has 6 nitrogen and oxygen atoms in total. The number of carboxylic acid groups (broad SMARTS) is 1. The van der Waals surface area contributed by atoms with Gasteiger partial charge in [-0.2, -0.15) is 0 Å². The number of rotatable bonds is 3. The molecule has 19 heavy (non-hydrogen) atoms. The molecule has 0 spiro atoms. The van der Waals surface area contributed by atoms with Crippen LogP contribution in [0.15, 0.2) is 5.16 Å². The van der Waals surface area contributed by atoms with Crippen LogP contribution >= 0.6 is 0 Å². The van der Waals surface area contributed by atoms with Crippen molar-refractivity contribution in [2.24, 2.45) is 11.1 Å². The fourth-order valence-electron chi connectivity index (χ4n) is 3.58. The van der Waals surface area contributed by atoms with Gasteiger partial charge in [0.15, 0.2) is 0 Å². The Kier molecular flexibility index (Phi) is 3.48. The van der Waals surface area contributed by atoms with Crippen LogP contribution in [-0.2, 0) is 9.57 Å². The number of carbonyl (C=O) groups is 1. The van der Waals surface area contributed by atoms with Gasteiger partial charge in [0.2, 0.25) is 5.90 Å². The summed E-state index contributed by atoms with van der Waals surface area (Å²) >= 11 is 0. The molecule has 2 fully saturated rings. The Balaban J connectivity index is 1.45. The molecule has 3 aliphatic heterocycles. The van der Waals surface area contributed by atoms with E-state index in [1.54, 1.807) is 4.90 Å². The molecular formula is C13H20N2O4. The largest absolute Gasteiger partial charge is 0.479 e. The Labute approximate surface area is 112 Å². The van der Waals surface area contributed by atoms with E-state index in [0.717, 1.165) is 38.5 Å². The zero-order valence-corrected chi connectivity index (χ0v) is 11.0. The number of hydrogen-bond acceptors (Lipinski definition) is 4. The number of hydrogen-bond donors (Lipinski definition) is 1. The number of nitrogens with zero attached hydrogens (tertiary/aromatic N) is 2. The van der Waals surface area contributed by atoms with Gasteiger partial charge in [0.25, 0.3) is 0 Å². The summed E-state index contributed by atoms with van der Waals surface area (Å²) in [4.78, 5) is 17.7.